The maximum atomic E-state index is 11.2. The fourth-order valence-corrected chi connectivity index (χ4v) is 1.73. The molecule has 18 heavy (non-hydrogen) atoms. The van der Waals surface area contributed by atoms with Crippen LogP contribution < -0.4 is 5.32 Å². The maximum Gasteiger partial charge on any atom is 0.325 e. The van der Waals surface area contributed by atoms with Gasteiger partial charge in [0.15, 0.2) is 0 Å². The summed E-state index contributed by atoms with van der Waals surface area (Å²) >= 11 is 5.96. The molecule has 1 unspecified atom stereocenters. The fraction of sp³-hybridized carbons (Fsp3) is 0.364. The van der Waals surface area contributed by atoms with Gasteiger partial charge in [0.05, 0.1) is 0 Å². The Hall–Kier alpha value is -1.75. The van der Waals surface area contributed by atoms with Crippen LogP contribution in [0.4, 0.5) is 0 Å². The van der Waals surface area contributed by atoms with Gasteiger partial charge in [-0.1, -0.05) is 34.9 Å². The van der Waals surface area contributed by atoms with E-state index in [1.807, 2.05) is 0 Å². The molecule has 0 bridgehead atoms. The molecule has 0 saturated carbocycles. The van der Waals surface area contributed by atoms with E-state index in [0.717, 1.165) is 0 Å². The van der Waals surface area contributed by atoms with Crippen molar-refractivity contribution in [3.63, 3.8) is 0 Å². The second-order valence-electron chi connectivity index (χ2n) is 3.55. The van der Waals surface area contributed by atoms with Crippen molar-refractivity contribution in [3.05, 3.63) is 45.3 Å². The van der Waals surface area contributed by atoms with Gasteiger partial charge in [-0.15, -0.1) is 0 Å². The van der Waals surface area contributed by atoms with Gasteiger partial charge in [0.25, 0.3) is 0 Å². The van der Waals surface area contributed by atoms with Crippen LogP contribution in [-0.4, -0.2) is 24.2 Å². The molecule has 0 spiro atoms. The molecule has 1 aromatic rings. The van der Waals surface area contributed by atoms with Crippen molar-refractivity contribution in [1.82, 2.24) is 5.32 Å². The van der Waals surface area contributed by atoms with Crippen molar-refractivity contribution < 1.29 is 9.90 Å². The predicted molar refractivity (Wildman–Crippen MR) is 68.5 cm³/mol. The fourth-order valence-electron chi connectivity index (χ4n) is 1.48. The number of benzene rings is 1. The summed E-state index contributed by atoms with van der Waals surface area (Å²) in [5.74, 6) is -0.994. The van der Waals surface area contributed by atoms with Crippen molar-refractivity contribution in [3.8, 4) is 0 Å². The highest BCUT2D eigenvalue weighted by molar-refractivity contribution is 6.31. The lowest BCUT2D eigenvalue weighted by atomic mass is 10.1. The first-order valence-corrected chi connectivity index (χ1v) is 5.76. The average molecular weight is 269 g/mol. The normalized spacial score (nSPS) is 11.6. The number of nitrogens with zero attached hydrogens (tertiary/aromatic N) is 3. The maximum absolute atomic E-state index is 11.2. The van der Waals surface area contributed by atoms with Crippen LogP contribution in [0.15, 0.2) is 29.4 Å². The third kappa shape index (κ3) is 4.25. The van der Waals surface area contributed by atoms with Gasteiger partial charge in [0.2, 0.25) is 0 Å². The molecule has 7 heteroatoms. The molecule has 0 radical (unpaired) electrons. The van der Waals surface area contributed by atoms with Gasteiger partial charge in [0.1, 0.15) is 6.04 Å². The van der Waals surface area contributed by atoms with Gasteiger partial charge in [-0.3, -0.25) is 4.79 Å². The Labute approximate surface area is 109 Å². The SMILES string of the molecule is [N-]=[N+]=NCCCNC(C(=O)O)c1ccccc1Cl. The predicted octanol–water partition coefficient (Wildman–Crippen LogP) is 2.76. The Balaban J connectivity index is 2.64. The number of hydrogen-bond acceptors (Lipinski definition) is 3. The molecule has 0 amide bonds. The average Bonchev–Trinajstić information content (AvgIpc) is 2.35. The second-order valence-corrected chi connectivity index (χ2v) is 3.96. The Morgan fingerprint density at radius 3 is 2.89 bits per heavy atom. The number of aliphatic carboxylic acids is 1. The lowest BCUT2D eigenvalue weighted by Gasteiger charge is -2.15. The number of carboxylic acids is 1. The minimum Gasteiger partial charge on any atom is -0.480 e. The van der Waals surface area contributed by atoms with Crippen LogP contribution in [0.5, 0.6) is 0 Å². The van der Waals surface area contributed by atoms with Gasteiger partial charge in [-0.25, -0.2) is 0 Å². The largest absolute Gasteiger partial charge is 0.480 e. The van der Waals surface area contributed by atoms with E-state index in [1.165, 1.54) is 0 Å². The first-order valence-electron chi connectivity index (χ1n) is 5.38. The van der Waals surface area contributed by atoms with Gasteiger partial charge in [-0.05, 0) is 30.1 Å². The van der Waals surface area contributed by atoms with E-state index in [4.69, 9.17) is 22.2 Å². The van der Waals surface area contributed by atoms with Crippen LogP contribution >= 0.6 is 11.6 Å². The summed E-state index contributed by atoms with van der Waals surface area (Å²) in [6.07, 6.45) is 0.568. The molecular weight excluding hydrogens is 256 g/mol. The molecular formula is C11H13ClN4O2. The standard InChI is InChI=1S/C11H13ClN4O2/c12-9-5-2-1-4-8(9)10(11(17)18)14-6-3-7-15-16-13/h1-2,4-5,10,14H,3,6-7H2,(H,17,18). The summed E-state index contributed by atoms with van der Waals surface area (Å²) < 4.78 is 0. The highest BCUT2D eigenvalue weighted by Gasteiger charge is 2.20. The summed E-state index contributed by atoms with van der Waals surface area (Å²) in [6, 6.07) is 5.94. The molecule has 1 atom stereocenters. The van der Waals surface area contributed by atoms with Crippen LogP contribution in [0.25, 0.3) is 10.4 Å². The number of hydrogen-bond donors (Lipinski definition) is 2. The zero-order valence-corrected chi connectivity index (χ0v) is 10.3. The van der Waals surface area contributed by atoms with Crippen molar-refractivity contribution in [2.24, 2.45) is 5.11 Å². The molecule has 0 saturated heterocycles. The number of nitrogens with one attached hydrogen (secondary N) is 1. The molecule has 1 aromatic carbocycles. The van der Waals surface area contributed by atoms with Gasteiger partial charge in [0, 0.05) is 16.5 Å². The number of carboxylic acid groups (broad SMARTS) is 1. The highest BCUT2D eigenvalue weighted by Crippen LogP contribution is 2.22. The summed E-state index contributed by atoms with van der Waals surface area (Å²) in [7, 11) is 0. The van der Waals surface area contributed by atoms with Gasteiger partial charge in [-0.2, -0.15) is 0 Å². The first-order chi connectivity index (χ1) is 8.66. The van der Waals surface area contributed by atoms with Crippen molar-refractivity contribution >= 4 is 17.6 Å². The topological polar surface area (TPSA) is 98.1 Å². The number of azide groups is 1. The lowest BCUT2D eigenvalue weighted by molar-refractivity contribution is -0.139. The van der Waals surface area contributed by atoms with E-state index in [0.29, 0.717) is 30.1 Å². The molecule has 0 aliphatic carbocycles. The van der Waals surface area contributed by atoms with Crippen LogP contribution in [-0.2, 0) is 4.79 Å². The molecule has 0 heterocycles. The zero-order valence-electron chi connectivity index (χ0n) is 9.58. The summed E-state index contributed by atoms with van der Waals surface area (Å²) in [5, 5.41) is 15.8. The molecule has 0 aliphatic heterocycles. The quantitative estimate of drug-likeness (QED) is 0.344. The molecule has 96 valence electrons. The molecule has 0 aromatic heterocycles. The number of rotatable bonds is 7. The third-order valence-corrected chi connectivity index (χ3v) is 2.65. The van der Waals surface area contributed by atoms with Crippen LogP contribution in [0.1, 0.15) is 18.0 Å². The molecule has 1 rings (SSSR count). The van der Waals surface area contributed by atoms with Crippen LogP contribution in [0.2, 0.25) is 5.02 Å². The zero-order chi connectivity index (χ0) is 13.4. The van der Waals surface area contributed by atoms with E-state index in [2.05, 4.69) is 15.3 Å². The van der Waals surface area contributed by atoms with E-state index in [9.17, 15) is 4.79 Å². The third-order valence-electron chi connectivity index (χ3n) is 2.31. The Morgan fingerprint density at radius 2 is 2.28 bits per heavy atom. The molecule has 0 aliphatic rings. The van der Waals surface area contributed by atoms with E-state index in [-0.39, 0.29) is 0 Å². The van der Waals surface area contributed by atoms with E-state index in [1.54, 1.807) is 24.3 Å². The Kier molecular flexibility index (Phi) is 6.00. The highest BCUT2D eigenvalue weighted by atomic mass is 35.5. The number of halogens is 1. The van der Waals surface area contributed by atoms with Crippen LogP contribution in [0.3, 0.4) is 0 Å². The summed E-state index contributed by atoms with van der Waals surface area (Å²) in [4.78, 5) is 13.8. The summed E-state index contributed by atoms with van der Waals surface area (Å²) in [5.41, 5.74) is 8.63. The van der Waals surface area contributed by atoms with Crippen molar-refractivity contribution in [2.75, 3.05) is 13.1 Å². The minimum atomic E-state index is -0.994. The monoisotopic (exact) mass is 268 g/mol. The molecule has 2 N–H and O–H groups in total. The Bertz CT molecular complexity index is 460. The summed E-state index contributed by atoms with van der Waals surface area (Å²) in [6.45, 7) is 0.763. The van der Waals surface area contributed by atoms with E-state index < -0.39 is 12.0 Å². The minimum absolute atomic E-state index is 0.332. The van der Waals surface area contributed by atoms with Crippen LogP contribution in [0, 0.1) is 0 Å². The van der Waals surface area contributed by atoms with E-state index >= 15 is 0 Å². The second kappa shape index (κ2) is 7.55. The van der Waals surface area contributed by atoms with Gasteiger partial charge >= 0.3 is 5.97 Å². The number of carbonyl (C=O) groups is 1. The van der Waals surface area contributed by atoms with Crippen molar-refractivity contribution in [1.29, 1.82) is 0 Å². The Morgan fingerprint density at radius 1 is 1.56 bits per heavy atom. The molecule has 0 fully saturated rings. The smallest absolute Gasteiger partial charge is 0.325 e. The van der Waals surface area contributed by atoms with Gasteiger partial charge < -0.3 is 10.4 Å². The first kappa shape index (κ1) is 14.3. The molecule has 6 nitrogen and oxygen atoms in total. The van der Waals surface area contributed by atoms with Crippen molar-refractivity contribution in [2.45, 2.75) is 12.5 Å². The lowest BCUT2D eigenvalue weighted by Crippen LogP contribution is -2.29.